The molecule has 1 amide bonds. The first-order valence-electron chi connectivity index (χ1n) is 10.2. The highest BCUT2D eigenvalue weighted by Crippen LogP contribution is 2.39. The van der Waals surface area contributed by atoms with Gasteiger partial charge in [-0.05, 0) is 53.6 Å². The fourth-order valence-electron chi connectivity index (χ4n) is 3.98. The summed E-state index contributed by atoms with van der Waals surface area (Å²) < 4.78 is 13.4. The van der Waals surface area contributed by atoms with Gasteiger partial charge in [0.15, 0.2) is 5.78 Å². The summed E-state index contributed by atoms with van der Waals surface area (Å²) in [6.45, 7) is 0.145. The second-order valence-electron chi connectivity index (χ2n) is 7.94. The first kappa shape index (κ1) is 21.4. The molecule has 3 aromatic rings. The minimum absolute atomic E-state index is 0.145. The zero-order valence-corrected chi connectivity index (χ0v) is 17.7. The van der Waals surface area contributed by atoms with Crippen molar-refractivity contribution in [1.29, 1.82) is 0 Å². The average Bonchev–Trinajstić information content (AvgIpc) is 3.05. The van der Waals surface area contributed by atoms with Gasteiger partial charge in [0, 0.05) is 44.3 Å². The SMILES string of the molecule is CN(C)c1ccc(C2C(C(=O)c3ccc(F)cc3)C(=O)C(=O)N2Cc2cccnc2)cc1. The fourth-order valence-corrected chi connectivity index (χ4v) is 3.98. The zero-order chi connectivity index (χ0) is 22.8. The highest BCUT2D eigenvalue weighted by molar-refractivity contribution is 6.44. The molecule has 0 bridgehead atoms. The van der Waals surface area contributed by atoms with Crippen LogP contribution in [0.4, 0.5) is 10.1 Å². The lowest BCUT2D eigenvalue weighted by molar-refractivity contribution is -0.141. The molecule has 0 N–H and O–H groups in total. The number of Topliss-reactive ketones (excluding diaryl/α,β-unsaturated/α-hetero) is 2. The summed E-state index contributed by atoms with van der Waals surface area (Å²) in [5, 5.41) is 0. The average molecular weight is 431 g/mol. The number of hydrogen-bond donors (Lipinski definition) is 0. The Kier molecular flexibility index (Phi) is 5.81. The lowest BCUT2D eigenvalue weighted by Crippen LogP contribution is -2.30. The second kappa shape index (κ2) is 8.70. The molecule has 6 nitrogen and oxygen atoms in total. The van der Waals surface area contributed by atoms with E-state index in [2.05, 4.69) is 4.98 Å². The van der Waals surface area contributed by atoms with Gasteiger partial charge in [0.1, 0.15) is 11.7 Å². The van der Waals surface area contributed by atoms with E-state index < -0.39 is 35.3 Å². The maximum atomic E-state index is 13.4. The van der Waals surface area contributed by atoms with Crippen molar-refractivity contribution in [2.75, 3.05) is 19.0 Å². The van der Waals surface area contributed by atoms with E-state index in [0.29, 0.717) is 5.56 Å². The highest BCUT2D eigenvalue weighted by Gasteiger charge is 2.51. The molecular weight excluding hydrogens is 409 g/mol. The number of pyridine rings is 1. The van der Waals surface area contributed by atoms with E-state index in [1.807, 2.05) is 49.3 Å². The number of ketones is 2. The molecule has 1 aliphatic rings. The predicted molar refractivity (Wildman–Crippen MR) is 118 cm³/mol. The summed E-state index contributed by atoms with van der Waals surface area (Å²) in [5.74, 6) is -3.67. The molecule has 2 atom stereocenters. The quantitative estimate of drug-likeness (QED) is 0.340. The number of anilines is 1. The van der Waals surface area contributed by atoms with E-state index in [-0.39, 0.29) is 12.1 Å². The van der Waals surface area contributed by atoms with Gasteiger partial charge in [0.05, 0.1) is 6.04 Å². The predicted octanol–water partition coefficient (Wildman–Crippen LogP) is 3.44. The van der Waals surface area contributed by atoms with Crippen LogP contribution in [0.1, 0.15) is 27.5 Å². The van der Waals surface area contributed by atoms with Crippen LogP contribution >= 0.6 is 0 Å². The highest BCUT2D eigenvalue weighted by atomic mass is 19.1. The molecule has 1 saturated heterocycles. The van der Waals surface area contributed by atoms with E-state index in [0.717, 1.165) is 11.3 Å². The normalized spacial score (nSPS) is 18.2. The lowest BCUT2D eigenvalue weighted by Gasteiger charge is -2.27. The third-order valence-electron chi connectivity index (χ3n) is 5.64. The number of carbonyl (C=O) groups is 3. The van der Waals surface area contributed by atoms with Gasteiger partial charge in [-0.3, -0.25) is 19.4 Å². The van der Waals surface area contributed by atoms with Gasteiger partial charge < -0.3 is 9.80 Å². The van der Waals surface area contributed by atoms with Gasteiger partial charge in [0.25, 0.3) is 5.91 Å². The molecule has 32 heavy (non-hydrogen) atoms. The number of nitrogens with zero attached hydrogens (tertiary/aromatic N) is 3. The molecule has 1 aromatic heterocycles. The number of amides is 1. The van der Waals surface area contributed by atoms with Gasteiger partial charge in [-0.1, -0.05) is 18.2 Å². The molecule has 4 rings (SSSR count). The van der Waals surface area contributed by atoms with E-state index in [4.69, 9.17) is 0 Å². The van der Waals surface area contributed by atoms with Crippen molar-refractivity contribution in [3.05, 3.63) is 95.6 Å². The Morgan fingerprint density at radius 3 is 2.31 bits per heavy atom. The van der Waals surface area contributed by atoms with Crippen LogP contribution < -0.4 is 4.90 Å². The molecule has 7 heteroatoms. The molecule has 1 fully saturated rings. The standard InChI is InChI=1S/C25H22FN3O3/c1-28(2)20-11-7-17(8-12-20)22-21(23(30)18-5-9-19(26)10-6-18)24(31)25(32)29(22)15-16-4-3-13-27-14-16/h3-14,21-22H,15H2,1-2H3. The van der Waals surface area contributed by atoms with Crippen molar-refractivity contribution in [3.63, 3.8) is 0 Å². The van der Waals surface area contributed by atoms with Crippen LogP contribution in [-0.4, -0.2) is 41.5 Å². The third-order valence-corrected chi connectivity index (χ3v) is 5.64. The third kappa shape index (κ3) is 4.01. The van der Waals surface area contributed by atoms with Gasteiger partial charge >= 0.3 is 0 Å². The monoisotopic (exact) mass is 431 g/mol. The van der Waals surface area contributed by atoms with Crippen LogP contribution in [-0.2, 0) is 16.1 Å². The first-order valence-corrected chi connectivity index (χ1v) is 10.2. The fraction of sp³-hybridized carbons (Fsp3) is 0.200. The number of likely N-dealkylation sites (tertiary alicyclic amines) is 1. The number of carbonyl (C=O) groups excluding carboxylic acids is 3. The molecule has 2 heterocycles. The van der Waals surface area contributed by atoms with Crippen LogP contribution in [0.25, 0.3) is 0 Å². The molecule has 0 radical (unpaired) electrons. The van der Waals surface area contributed by atoms with Gasteiger partial charge in [-0.25, -0.2) is 4.39 Å². The van der Waals surface area contributed by atoms with Crippen molar-refractivity contribution in [2.45, 2.75) is 12.6 Å². The van der Waals surface area contributed by atoms with Crippen LogP contribution in [0.2, 0.25) is 0 Å². The molecule has 162 valence electrons. The molecular formula is C25H22FN3O3. The zero-order valence-electron chi connectivity index (χ0n) is 17.7. The summed E-state index contributed by atoms with van der Waals surface area (Å²) in [7, 11) is 3.82. The maximum Gasteiger partial charge on any atom is 0.291 e. The Balaban J connectivity index is 1.77. The van der Waals surface area contributed by atoms with Gasteiger partial charge in [-0.15, -0.1) is 0 Å². The Morgan fingerprint density at radius 2 is 1.72 bits per heavy atom. The maximum absolute atomic E-state index is 13.4. The summed E-state index contributed by atoms with van der Waals surface area (Å²) in [5.41, 5.74) is 2.57. The summed E-state index contributed by atoms with van der Waals surface area (Å²) in [6.07, 6.45) is 3.25. The number of benzene rings is 2. The Labute approximate surface area is 185 Å². The number of halogens is 1. The minimum atomic E-state index is -1.21. The lowest BCUT2D eigenvalue weighted by atomic mass is 9.86. The van der Waals surface area contributed by atoms with E-state index in [1.165, 1.54) is 29.2 Å². The molecule has 0 spiro atoms. The van der Waals surface area contributed by atoms with Gasteiger partial charge in [0.2, 0.25) is 5.78 Å². The number of aromatic nitrogens is 1. The molecule has 2 unspecified atom stereocenters. The Morgan fingerprint density at radius 1 is 1.03 bits per heavy atom. The minimum Gasteiger partial charge on any atom is -0.378 e. The molecule has 2 aromatic carbocycles. The molecule has 0 aliphatic carbocycles. The van der Waals surface area contributed by atoms with E-state index in [1.54, 1.807) is 18.5 Å². The van der Waals surface area contributed by atoms with Crippen molar-refractivity contribution < 1.29 is 18.8 Å². The summed E-state index contributed by atoms with van der Waals surface area (Å²) in [4.78, 5) is 46.8. The van der Waals surface area contributed by atoms with E-state index in [9.17, 15) is 18.8 Å². The van der Waals surface area contributed by atoms with Crippen molar-refractivity contribution in [2.24, 2.45) is 5.92 Å². The Bertz CT molecular complexity index is 1150. The smallest absolute Gasteiger partial charge is 0.291 e. The van der Waals surface area contributed by atoms with Crippen molar-refractivity contribution in [3.8, 4) is 0 Å². The summed E-state index contributed by atoms with van der Waals surface area (Å²) in [6, 6.07) is 15.2. The topological polar surface area (TPSA) is 70.6 Å². The Hall–Kier alpha value is -3.87. The van der Waals surface area contributed by atoms with Crippen molar-refractivity contribution >= 4 is 23.2 Å². The number of rotatable bonds is 6. The largest absolute Gasteiger partial charge is 0.378 e. The van der Waals surface area contributed by atoms with Crippen LogP contribution in [0, 0.1) is 11.7 Å². The van der Waals surface area contributed by atoms with Crippen LogP contribution in [0.15, 0.2) is 73.1 Å². The number of hydrogen-bond acceptors (Lipinski definition) is 5. The van der Waals surface area contributed by atoms with E-state index >= 15 is 0 Å². The first-order chi connectivity index (χ1) is 15.4. The second-order valence-corrected chi connectivity index (χ2v) is 7.94. The molecule has 0 saturated carbocycles. The molecule has 1 aliphatic heterocycles. The van der Waals surface area contributed by atoms with Crippen LogP contribution in [0.3, 0.4) is 0 Å². The van der Waals surface area contributed by atoms with Crippen LogP contribution in [0.5, 0.6) is 0 Å². The van der Waals surface area contributed by atoms with Crippen molar-refractivity contribution in [1.82, 2.24) is 9.88 Å². The summed E-state index contributed by atoms with van der Waals surface area (Å²) >= 11 is 0. The van der Waals surface area contributed by atoms with Gasteiger partial charge in [-0.2, -0.15) is 0 Å².